The van der Waals surface area contributed by atoms with Crippen LogP contribution in [0.25, 0.3) is 0 Å². The molecule has 0 atom stereocenters. The van der Waals surface area contributed by atoms with Crippen LogP contribution >= 0.6 is 15.9 Å². The van der Waals surface area contributed by atoms with Gasteiger partial charge in [0.25, 0.3) is 0 Å². The van der Waals surface area contributed by atoms with E-state index in [-0.39, 0.29) is 6.61 Å². The molecule has 90 valence electrons. The molecule has 1 aromatic heterocycles. The Morgan fingerprint density at radius 3 is 2.69 bits per heavy atom. The van der Waals surface area contributed by atoms with Gasteiger partial charge in [-0.15, -0.1) is 0 Å². The summed E-state index contributed by atoms with van der Waals surface area (Å²) in [4.78, 5) is 4.62. The monoisotopic (exact) mass is 286 g/mol. The van der Waals surface area contributed by atoms with Crippen LogP contribution in [-0.2, 0) is 13.5 Å². The van der Waals surface area contributed by atoms with Gasteiger partial charge in [0.2, 0.25) is 0 Å². The van der Waals surface area contributed by atoms with Crippen LogP contribution in [0.15, 0.2) is 4.60 Å². The Morgan fingerprint density at radius 1 is 1.38 bits per heavy atom. The van der Waals surface area contributed by atoms with Gasteiger partial charge in [-0.25, -0.2) is 4.98 Å². The van der Waals surface area contributed by atoms with Crippen LogP contribution in [0.4, 0.5) is 0 Å². The largest absolute Gasteiger partial charge is 0.396 e. The first-order valence-electron chi connectivity index (χ1n) is 6.06. The molecule has 0 aliphatic heterocycles. The van der Waals surface area contributed by atoms with E-state index in [0.717, 1.165) is 10.3 Å². The highest BCUT2D eigenvalue weighted by atomic mass is 79.9. The number of aliphatic hydroxyl groups excluding tert-OH is 1. The molecule has 0 radical (unpaired) electrons. The molecule has 3 nitrogen and oxygen atoms in total. The van der Waals surface area contributed by atoms with Crippen molar-refractivity contribution in [2.45, 2.75) is 44.4 Å². The minimum Gasteiger partial charge on any atom is -0.396 e. The second-order valence-electron chi connectivity index (χ2n) is 4.58. The SMILES string of the molecule is Cn1c(C2CCCCC2)nc(Br)c1CCO. The summed E-state index contributed by atoms with van der Waals surface area (Å²) >= 11 is 3.49. The van der Waals surface area contributed by atoms with Gasteiger partial charge >= 0.3 is 0 Å². The summed E-state index contributed by atoms with van der Waals surface area (Å²) < 4.78 is 3.07. The Hall–Kier alpha value is -0.350. The zero-order valence-electron chi connectivity index (χ0n) is 9.75. The molecule has 4 heteroatoms. The van der Waals surface area contributed by atoms with Crippen LogP contribution in [0, 0.1) is 0 Å². The third kappa shape index (κ3) is 2.33. The minimum absolute atomic E-state index is 0.183. The number of halogens is 1. The summed E-state index contributed by atoms with van der Waals surface area (Å²) in [6, 6.07) is 0. The fraction of sp³-hybridized carbons (Fsp3) is 0.750. The van der Waals surface area contributed by atoms with E-state index in [1.165, 1.54) is 37.9 Å². The maximum Gasteiger partial charge on any atom is 0.127 e. The van der Waals surface area contributed by atoms with Gasteiger partial charge in [-0.05, 0) is 28.8 Å². The number of hydrogen-bond acceptors (Lipinski definition) is 2. The molecule has 2 rings (SSSR count). The quantitative estimate of drug-likeness (QED) is 0.928. The molecule has 1 aliphatic rings. The third-order valence-electron chi connectivity index (χ3n) is 3.52. The Bertz CT molecular complexity index is 356. The van der Waals surface area contributed by atoms with Crippen LogP contribution < -0.4 is 0 Å². The van der Waals surface area contributed by atoms with E-state index in [1.54, 1.807) is 0 Å². The lowest BCUT2D eigenvalue weighted by Gasteiger charge is -2.21. The predicted octanol–water partition coefficient (Wildman–Crippen LogP) is 2.77. The van der Waals surface area contributed by atoms with Crippen LogP contribution in [0.2, 0.25) is 0 Å². The number of imidazole rings is 1. The molecule has 0 spiro atoms. The second-order valence-corrected chi connectivity index (χ2v) is 5.33. The Balaban J connectivity index is 2.23. The molecule has 1 heterocycles. The number of nitrogens with zero attached hydrogens (tertiary/aromatic N) is 2. The van der Waals surface area contributed by atoms with Crippen molar-refractivity contribution in [2.75, 3.05) is 6.61 Å². The van der Waals surface area contributed by atoms with Gasteiger partial charge in [-0.2, -0.15) is 0 Å². The van der Waals surface area contributed by atoms with E-state index >= 15 is 0 Å². The molecular formula is C12H19BrN2O. The van der Waals surface area contributed by atoms with Gasteiger partial charge in [-0.3, -0.25) is 0 Å². The smallest absolute Gasteiger partial charge is 0.127 e. The molecule has 1 aliphatic carbocycles. The number of aliphatic hydroxyl groups is 1. The molecular weight excluding hydrogens is 268 g/mol. The van der Waals surface area contributed by atoms with E-state index in [4.69, 9.17) is 5.11 Å². The Labute approximate surface area is 105 Å². The first-order chi connectivity index (χ1) is 7.74. The molecule has 16 heavy (non-hydrogen) atoms. The fourth-order valence-corrected chi connectivity index (χ4v) is 3.27. The van der Waals surface area contributed by atoms with Crippen LogP contribution in [0.1, 0.15) is 49.5 Å². The van der Waals surface area contributed by atoms with E-state index in [9.17, 15) is 0 Å². The maximum absolute atomic E-state index is 9.03. The van der Waals surface area contributed by atoms with Crippen molar-refractivity contribution >= 4 is 15.9 Å². The molecule has 0 amide bonds. The molecule has 1 fully saturated rings. The van der Waals surface area contributed by atoms with Crippen molar-refractivity contribution in [3.05, 3.63) is 16.1 Å². The van der Waals surface area contributed by atoms with Gasteiger partial charge in [0.1, 0.15) is 10.4 Å². The van der Waals surface area contributed by atoms with Gasteiger partial charge in [-0.1, -0.05) is 19.3 Å². The molecule has 1 N–H and O–H groups in total. The lowest BCUT2D eigenvalue weighted by atomic mass is 9.89. The average Bonchev–Trinajstić information content (AvgIpc) is 2.59. The summed E-state index contributed by atoms with van der Waals surface area (Å²) in [5, 5.41) is 9.03. The standard InChI is InChI=1S/C12H19BrN2O/c1-15-10(7-8-16)11(13)14-12(15)9-5-3-2-4-6-9/h9,16H,2-8H2,1H3. The van der Waals surface area contributed by atoms with Gasteiger partial charge in [0, 0.05) is 26.0 Å². The van der Waals surface area contributed by atoms with Crippen molar-refractivity contribution < 1.29 is 5.11 Å². The van der Waals surface area contributed by atoms with Gasteiger partial charge in [0.15, 0.2) is 0 Å². The van der Waals surface area contributed by atoms with Crippen molar-refractivity contribution in [1.82, 2.24) is 9.55 Å². The highest BCUT2D eigenvalue weighted by molar-refractivity contribution is 9.10. The molecule has 0 bridgehead atoms. The topological polar surface area (TPSA) is 38.0 Å². The Kier molecular flexibility index (Phi) is 4.03. The lowest BCUT2D eigenvalue weighted by Crippen LogP contribution is -2.11. The average molecular weight is 287 g/mol. The van der Waals surface area contributed by atoms with Crippen LogP contribution in [0.5, 0.6) is 0 Å². The Morgan fingerprint density at radius 2 is 2.06 bits per heavy atom. The zero-order valence-corrected chi connectivity index (χ0v) is 11.3. The summed E-state index contributed by atoms with van der Waals surface area (Å²) in [7, 11) is 2.06. The van der Waals surface area contributed by atoms with Crippen LogP contribution in [0.3, 0.4) is 0 Å². The highest BCUT2D eigenvalue weighted by Gasteiger charge is 2.22. The second kappa shape index (κ2) is 5.32. The molecule has 0 aromatic carbocycles. The molecule has 0 saturated heterocycles. The highest BCUT2D eigenvalue weighted by Crippen LogP contribution is 2.33. The lowest BCUT2D eigenvalue weighted by molar-refractivity contribution is 0.296. The normalized spacial score (nSPS) is 17.9. The molecule has 1 aromatic rings. The summed E-state index contributed by atoms with van der Waals surface area (Å²) in [6.45, 7) is 0.183. The number of rotatable bonds is 3. The summed E-state index contributed by atoms with van der Waals surface area (Å²) in [5.41, 5.74) is 1.11. The van der Waals surface area contributed by atoms with Crippen molar-refractivity contribution in [3.63, 3.8) is 0 Å². The van der Waals surface area contributed by atoms with Crippen molar-refractivity contribution in [2.24, 2.45) is 7.05 Å². The van der Waals surface area contributed by atoms with Crippen molar-refractivity contribution in [3.8, 4) is 0 Å². The van der Waals surface area contributed by atoms with Crippen LogP contribution in [-0.4, -0.2) is 21.3 Å². The van der Waals surface area contributed by atoms with Gasteiger partial charge < -0.3 is 9.67 Å². The van der Waals surface area contributed by atoms with E-state index in [0.29, 0.717) is 12.3 Å². The third-order valence-corrected chi connectivity index (χ3v) is 4.15. The summed E-state index contributed by atoms with van der Waals surface area (Å²) in [6.07, 6.45) is 7.21. The number of hydrogen-bond donors (Lipinski definition) is 1. The van der Waals surface area contributed by atoms with Crippen molar-refractivity contribution in [1.29, 1.82) is 0 Å². The minimum atomic E-state index is 0.183. The molecule has 1 saturated carbocycles. The summed E-state index contributed by atoms with van der Waals surface area (Å²) in [5.74, 6) is 1.80. The number of aromatic nitrogens is 2. The maximum atomic E-state index is 9.03. The van der Waals surface area contributed by atoms with E-state index in [2.05, 4.69) is 32.5 Å². The first-order valence-corrected chi connectivity index (χ1v) is 6.85. The predicted molar refractivity (Wildman–Crippen MR) is 67.5 cm³/mol. The molecule has 0 unspecified atom stereocenters. The van der Waals surface area contributed by atoms with E-state index < -0.39 is 0 Å². The fourth-order valence-electron chi connectivity index (χ4n) is 2.62. The van der Waals surface area contributed by atoms with E-state index in [1.807, 2.05) is 0 Å². The van der Waals surface area contributed by atoms with Gasteiger partial charge in [0.05, 0.1) is 5.69 Å². The zero-order chi connectivity index (χ0) is 11.5. The first kappa shape index (κ1) is 12.1.